The molecule has 0 saturated carbocycles. The number of amidine groups is 1. The summed E-state index contributed by atoms with van der Waals surface area (Å²) in [6, 6.07) is 3.70. The van der Waals surface area contributed by atoms with Crippen molar-refractivity contribution in [3.05, 3.63) is 83.8 Å². The van der Waals surface area contributed by atoms with Gasteiger partial charge in [-0.3, -0.25) is 9.98 Å². The van der Waals surface area contributed by atoms with E-state index in [1.807, 2.05) is 46.3 Å². The summed E-state index contributed by atoms with van der Waals surface area (Å²) in [7, 11) is 7.57. The molecule has 0 aliphatic heterocycles. The number of aliphatic imine (C=N–C) groups is 1. The van der Waals surface area contributed by atoms with Gasteiger partial charge in [-0.1, -0.05) is 44.7 Å². The lowest BCUT2D eigenvalue weighted by Crippen LogP contribution is -2.19. The third-order valence-electron chi connectivity index (χ3n) is 5.62. The molecule has 6 heteroatoms. The Labute approximate surface area is 204 Å². The summed E-state index contributed by atoms with van der Waals surface area (Å²) in [6.07, 6.45) is 9.03. The highest BCUT2D eigenvalue weighted by molar-refractivity contribution is 5.93. The maximum atomic E-state index is 13.6. The molecule has 4 nitrogen and oxygen atoms in total. The highest BCUT2D eigenvalue weighted by Gasteiger charge is 2.13. The highest BCUT2D eigenvalue weighted by Crippen LogP contribution is 2.27. The zero-order chi connectivity index (χ0) is 25.8. The second-order valence-corrected chi connectivity index (χ2v) is 8.36. The minimum absolute atomic E-state index is 0.434. The molecule has 0 N–H and O–H groups in total. The summed E-state index contributed by atoms with van der Waals surface area (Å²) in [5.41, 5.74) is 5.24. The molecule has 0 aliphatic rings. The first-order valence-corrected chi connectivity index (χ1v) is 11.7. The van der Waals surface area contributed by atoms with Gasteiger partial charge in [0.05, 0.1) is 5.69 Å². The Kier molecular flexibility index (Phi) is 12.2. The van der Waals surface area contributed by atoms with Crippen LogP contribution in [0.3, 0.4) is 0 Å². The van der Waals surface area contributed by atoms with Crippen molar-refractivity contribution in [3.8, 4) is 0 Å². The van der Waals surface area contributed by atoms with Gasteiger partial charge in [0, 0.05) is 57.4 Å². The van der Waals surface area contributed by atoms with Gasteiger partial charge >= 0.3 is 0 Å². The molecular formula is C28H40F2N4. The van der Waals surface area contributed by atoms with Crippen LogP contribution in [0.5, 0.6) is 0 Å². The van der Waals surface area contributed by atoms with Crippen LogP contribution in [0, 0.1) is 0 Å². The summed E-state index contributed by atoms with van der Waals surface area (Å²) >= 11 is 0. The average Bonchev–Trinajstić information content (AvgIpc) is 2.80. The molecule has 0 aliphatic carbocycles. The standard InChI is InChI=1S/C28H40F2N4/c1-10-23(21(4)29)19-34(9)28(31-6)17-13-20(3)12-16-27(33(7)8)25(11-2)26-15-14-24(18-32-26)22(5)30/h13-15,17-19,22H,3-4,10-12,16H2,1-2,5-9H3/b17-13-,23-19-,27-25+,31-28+. The van der Waals surface area contributed by atoms with Crippen molar-refractivity contribution in [2.45, 2.75) is 52.6 Å². The van der Waals surface area contributed by atoms with Crippen molar-refractivity contribution in [3.63, 3.8) is 0 Å². The first-order valence-electron chi connectivity index (χ1n) is 11.7. The van der Waals surface area contributed by atoms with Crippen LogP contribution in [0.25, 0.3) is 5.57 Å². The smallest absolute Gasteiger partial charge is 0.126 e. The molecule has 0 aromatic carbocycles. The fraction of sp³-hybridized carbons (Fsp3) is 0.429. The number of hydrogen-bond acceptors (Lipinski definition) is 3. The van der Waals surface area contributed by atoms with E-state index in [-0.39, 0.29) is 0 Å². The van der Waals surface area contributed by atoms with Gasteiger partial charge in [0.2, 0.25) is 0 Å². The molecule has 1 heterocycles. The fourth-order valence-corrected chi connectivity index (χ4v) is 3.55. The zero-order valence-corrected chi connectivity index (χ0v) is 21.8. The predicted molar refractivity (Wildman–Crippen MR) is 142 cm³/mol. The van der Waals surface area contributed by atoms with Gasteiger partial charge in [-0.05, 0) is 50.3 Å². The maximum absolute atomic E-state index is 13.6. The second-order valence-electron chi connectivity index (χ2n) is 8.36. The third-order valence-corrected chi connectivity index (χ3v) is 5.62. The zero-order valence-electron chi connectivity index (χ0n) is 21.8. The summed E-state index contributed by atoms with van der Waals surface area (Å²) < 4.78 is 27.1. The SMILES string of the molecule is C=C(/C=C\C(=N/C)N(C)/C=C(/CC)C(=C)F)CC/C(=C(/CC)c1ccc(C(C)F)cn1)N(C)C. The molecule has 1 rings (SSSR count). The molecule has 34 heavy (non-hydrogen) atoms. The Balaban J connectivity index is 3.01. The van der Waals surface area contributed by atoms with E-state index in [0.29, 0.717) is 23.4 Å². The van der Waals surface area contributed by atoms with E-state index in [4.69, 9.17) is 0 Å². The number of allylic oxidation sites excluding steroid dienone is 6. The predicted octanol–water partition coefficient (Wildman–Crippen LogP) is 7.42. The monoisotopic (exact) mass is 470 g/mol. The Morgan fingerprint density at radius 1 is 1.12 bits per heavy atom. The molecule has 1 aromatic heterocycles. The van der Waals surface area contributed by atoms with Crippen molar-refractivity contribution in [1.29, 1.82) is 0 Å². The minimum Gasteiger partial charge on any atom is -0.381 e. The Bertz CT molecular complexity index is 951. The molecule has 0 spiro atoms. The number of rotatable bonds is 12. The Morgan fingerprint density at radius 2 is 1.79 bits per heavy atom. The van der Waals surface area contributed by atoms with Crippen molar-refractivity contribution in [1.82, 2.24) is 14.8 Å². The van der Waals surface area contributed by atoms with Crippen LogP contribution in [0.1, 0.15) is 63.9 Å². The van der Waals surface area contributed by atoms with Crippen molar-refractivity contribution < 1.29 is 8.78 Å². The van der Waals surface area contributed by atoms with Gasteiger partial charge in [-0.25, -0.2) is 8.78 Å². The highest BCUT2D eigenvalue weighted by atomic mass is 19.1. The van der Waals surface area contributed by atoms with Crippen LogP contribution in [0.15, 0.2) is 77.5 Å². The number of nitrogens with zero attached hydrogens (tertiary/aromatic N) is 4. The molecule has 1 aromatic rings. The molecule has 1 atom stereocenters. The fourth-order valence-electron chi connectivity index (χ4n) is 3.55. The van der Waals surface area contributed by atoms with Crippen LogP contribution < -0.4 is 0 Å². The number of likely N-dealkylation sites (N-methyl/N-ethyl adjacent to an activating group) is 1. The van der Waals surface area contributed by atoms with E-state index in [1.165, 1.54) is 12.6 Å². The van der Waals surface area contributed by atoms with Crippen LogP contribution in [-0.2, 0) is 0 Å². The van der Waals surface area contributed by atoms with Gasteiger partial charge in [0.25, 0.3) is 0 Å². The molecule has 186 valence electrons. The van der Waals surface area contributed by atoms with Crippen LogP contribution >= 0.6 is 0 Å². The number of pyridine rings is 1. The molecule has 0 bridgehead atoms. The topological polar surface area (TPSA) is 31.7 Å². The van der Waals surface area contributed by atoms with E-state index < -0.39 is 12.0 Å². The maximum Gasteiger partial charge on any atom is 0.126 e. The molecule has 0 fully saturated rings. The lowest BCUT2D eigenvalue weighted by atomic mass is 10.00. The van der Waals surface area contributed by atoms with Crippen LogP contribution in [0.2, 0.25) is 0 Å². The molecule has 0 saturated heterocycles. The van der Waals surface area contributed by atoms with E-state index in [9.17, 15) is 8.78 Å². The molecule has 0 radical (unpaired) electrons. The van der Waals surface area contributed by atoms with E-state index >= 15 is 0 Å². The van der Waals surface area contributed by atoms with Crippen LogP contribution in [0.4, 0.5) is 8.78 Å². The van der Waals surface area contributed by atoms with E-state index in [0.717, 1.165) is 36.1 Å². The minimum atomic E-state index is -1.03. The first-order chi connectivity index (χ1) is 16.0. The Hall–Kier alpha value is -3.02. The van der Waals surface area contributed by atoms with E-state index in [1.54, 1.807) is 30.4 Å². The Morgan fingerprint density at radius 3 is 2.24 bits per heavy atom. The number of alkyl halides is 1. The van der Waals surface area contributed by atoms with Crippen molar-refractivity contribution in [2.75, 3.05) is 28.2 Å². The lowest BCUT2D eigenvalue weighted by Gasteiger charge is -2.22. The number of hydrogen-bond donors (Lipinski definition) is 0. The summed E-state index contributed by atoms with van der Waals surface area (Å²) in [6.45, 7) is 13.1. The number of halogens is 2. The molecule has 1 unspecified atom stereocenters. The lowest BCUT2D eigenvalue weighted by molar-refractivity contribution is 0.373. The molecule has 0 amide bonds. The van der Waals surface area contributed by atoms with Crippen molar-refractivity contribution in [2.24, 2.45) is 4.99 Å². The van der Waals surface area contributed by atoms with Crippen molar-refractivity contribution >= 4 is 11.4 Å². The van der Waals surface area contributed by atoms with E-state index in [2.05, 4.69) is 35.0 Å². The summed E-state index contributed by atoms with van der Waals surface area (Å²) in [5, 5.41) is 0. The van der Waals surface area contributed by atoms with Gasteiger partial charge in [0.1, 0.15) is 17.8 Å². The average molecular weight is 471 g/mol. The first kappa shape index (κ1) is 29.0. The van der Waals surface area contributed by atoms with Crippen LogP contribution in [-0.4, -0.2) is 48.8 Å². The quantitative estimate of drug-likeness (QED) is 0.181. The van der Waals surface area contributed by atoms with Gasteiger partial charge in [-0.15, -0.1) is 0 Å². The molecular weight excluding hydrogens is 430 g/mol. The van der Waals surface area contributed by atoms with Gasteiger partial charge < -0.3 is 9.80 Å². The van der Waals surface area contributed by atoms with Gasteiger partial charge in [-0.2, -0.15) is 0 Å². The second kappa shape index (κ2) is 14.3. The summed E-state index contributed by atoms with van der Waals surface area (Å²) in [5.74, 6) is 0.258. The number of aromatic nitrogens is 1. The third kappa shape index (κ3) is 8.73. The largest absolute Gasteiger partial charge is 0.381 e. The van der Waals surface area contributed by atoms with Gasteiger partial charge in [0.15, 0.2) is 0 Å². The normalized spacial score (nSPS) is 14.1. The summed E-state index contributed by atoms with van der Waals surface area (Å²) in [4.78, 5) is 12.7.